The van der Waals surface area contributed by atoms with Crippen LogP contribution in [0.4, 0.5) is 0 Å². The van der Waals surface area contributed by atoms with E-state index in [1.807, 2.05) is 35.9 Å². The van der Waals surface area contributed by atoms with Crippen molar-refractivity contribution in [2.24, 2.45) is 0 Å². The number of benzene rings is 1. The molecule has 1 heterocycles. The highest BCUT2D eigenvalue weighted by Gasteiger charge is 1.99. The fourth-order valence-electron chi connectivity index (χ4n) is 1.41. The molecule has 0 saturated heterocycles. The number of para-hydroxylation sites is 1. The molecular formula is C10H10N2O. The fraction of sp³-hybridized carbons (Fsp3) is 0.200. The van der Waals surface area contributed by atoms with Crippen LogP contribution < -0.4 is 5.43 Å². The maximum Gasteiger partial charge on any atom is 0.207 e. The van der Waals surface area contributed by atoms with Crippen molar-refractivity contribution in [3.05, 3.63) is 40.7 Å². The van der Waals surface area contributed by atoms with Crippen molar-refractivity contribution < 1.29 is 0 Å². The number of fused-ring (bicyclic) bond motifs is 1. The van der Waals surface area contributed by atoms with Gasteiger partial charge in [-0.3, -0.25) is 9.48 Å². The second kappa shape index (κ2) is 3.01. The molecule has 0 bridgehead atoms. The van der Waals surface area contributed by atoms with Crippen LogP contribution in [0.15, 0.2) is 35.3 Å². The van der Waals surface area contributed by atoms with Crippen molar-refractivity contribution in [2.45, 2.75) is 13.5 Å². The Balaban J connectivity index is 2.93. The Morgan fingerprint density at radius 3 is 2.92 bits per heavy atom. The number of hydrogen-bond acceptors (Lipinski definition) is 2. The molecule has 0 spiro atoms. The van der Waals surface area contributed by atoms with E-state index in [9.17, 15) is 4.79 Å². The molecule has 0 aliphatic heterocycles. The third kappa shape index (κ3) is 1.22. The Bertz CT molecular complexity index is 487. The van der Waals surface area contributed by atoms with Crippen LogP contribution in [0, 0.1) is 0 Å². The second-order valence-electron chi connectivity index (χ2n) is 2.84. The lowest BCUT2D eigenvalue weighted by Crippen LogP contribution is -2.10. The molecule has 0 atom stereocenters. The largest absolute Gasteiger partial charge is 0.287 e. The van der Waals surface area contributed by atoms with Gasteiger partial charge in [-0.1, -0.05) is 12.1 Å². The highest BCUT2D eigenvalue weighted by atomic mass is 16.1. The van der Waals surface area contributed by atoms with E-state index in [4.69, 9.17) is 0 Å². The molecule has 0 saturated carbocycles. The first-order chi connectivity index (χ1) is 6.33. The van der Waals surface area contributed by atoms with Crippen LogP contribution in [-0.4, -0.2) is 9.78 Å². The minimum absolute atomic E-state index is 0.0136. The van der Waals surface area contributed by atoms with Gasteiger partial charge >= 0.3 is 0 Å². The lowest BCUT2D eigenvalue weighted by atomic mass is 10.2. The summed E-state index contributed by atoms with van der Waals surface area (Å²) in [6.07, 6.45) is 1.37. The molecule has 13 heavy (non-hydrogen) atoms. The molecule has 66 valence electrons. The zero-order valence-corrected chi connectivity index (χ0v) is 7.40. The van der Waals surface area contributed by atoms with Gasteiger partial charge in [0, 0.05) is 11.9 Å². The number of nitrogens with zero attached hydrogens (tertiary/aromatic N) is 2. The summed E-state index contributed by atoms with van der Waals surface area (Å²) in [7, 11) is 0. The van der Waals surface area contributed by atoms with Crippen molar-refractivity contribution >= 4 is 10.9 Å². The van der Waals surface area contributed by atoms with Crippen molar-refractivity contribution in [3.63, 3.8) is 0 Å². The van der Waals surface area contributed by atoms with Gasteiger partial charge in [0.05, 0.1) is 11.7 Å². The summed E-state index contributed by atoms with van der Waals surface area (Å²) in [5.41, 5.74) is 0.887. The molecule has 0 aliphatic carbocycles. The third-order valence-corrected chi connectivity index (χ3v) is 2.06. The Morgan fingerprint density at radius 1 is 1.38 bits per heavy atom. The third-order valence-electron chi connectivity index (χ3n) is 2.06. The minimum Gasteiger partial charge on any atom is -0.287 e. The molecule has 2 aromatic rings. The monoisotopic (exact) mass is 174 g/mol. The average Bonchev–Trinajstić information content (AvgIpc) is 2.19. The Kier molecular flexibility index (Phi) is 1.85. The van der Waals surface area contributed by atoms with Gasteiger partial charge in [0.25, 0.3) is 0 Å². The highest BCUT2D eigenvalue weighted by molar-refractivity contribution is 5.77. The van der Waals surface area contributed by atoms with Gasteiger partial charge in [0.2, 0.25) is 5.43 Å². The van der Waals surface area contributed by atoms with Gasteiger partial charge in [-0.2, -0.15) is 5.10 Å². The SMILES string of the molecule is CCn1ncc(=O)c2ccccc21. The smallest absolute Gasteiger partial charge is 0.207 e. The number of aromatic nitrogens is 2. The molecule has 3 nitrogen and oxygen atoms in total. The maximum absolute atomic E-state index is 11.4. The lowest BCUT2D eigenvalue weighted by Gasteiger charge is -2.04. The van der Waals surface area contributed by atoms with Crippen LogP contribution >= 0.6 is 0 Å². The number of rotatable bonds is 1. The van der Waals surface area contributed by atoms with Crippen LogP contribution in [0.2, 0.25) is 0 Å². The summed E-state index contributed by atoms with van der Waals surface area (Å²) >= 11 is 0. The van der Waals surface area contributed by atoms with Gasteiger partial charge in [-0.05, 0) is 19.1 Å². The van der Waals surface area contributed by atoms with Gasteiger partial charge in [-0.15, -0.1) is 0 Å². The molecule has 0 fully saturated rings. The van der Waals surface area contributed by atoms with Gasteiger partial charge in [0.1, 0.15) is 0 Å². The first-order valence-corrected chi connectivity index (χ1v) is 4.28. The molecule has 3 heteroatoms. The summed E-state index contributed by atoms with van der Waals surface area (Å²) in [6.45, 7) is 2.78. The van der Waals surface area contributed by atoms with Crippen LogP contribution in [0.25, 0.3) is 10.9 Å². The van der Waals surface area contributed by atoms with Crippen LogP contribution in [0.3, 0.4) is 0 Å². The zero-order chi connectivity index (χ0) is 9.26. The standard InChI is InChI=1S/C10H10N2O/c1-2-12-9-6-4-3-5-8(9)10(13)7-11-12/h3-7H,2H2,1H3. The molecule has 0 N–H and O–H groups in total. The summed E-state index contributed by atoms with van der Waals surface area (Å²) in [5.74, 6) is 0. The Labute approximate surface area is 75.6 Å². The average molecular weight is 174 g/mol. The van der Waals surface area contributed by atoms with E-state index in [2.05, 4.69) is 5.10 Å². The van der Waals surface area contributed by atoms with E-state index in [-0.39, 0.29) is 5.43 Å². The van der Waals surface area contributed by atoms with Gasteiger partial charge in [-0.25, -0.2) is 0 Å². The van der Waals surface area contributed by atoms with Gasteiger partial charge < -0.3 is 0 Å². The first kappa shape index (κ1) is 7.98. The van der Waals surface area contributed by atoms with Gasteiger partial charge in [0.15, 0.2) is 0 Å². The second-order valence-corrected chi connectivity index (χ2v) is 2.84. The quantitative estimate of drug-likeness (QED) is 0.655. The van der Waals surface area contributed by atoms with Crippen molar-refractivity contribution in [1.82, 2.24) is 9.78 Å². The lowest BCUT2D eigenvalue weighted by molar-refractivity contribution is 0.668. The molecule has 2 rings (SSSR count). The minimum atomic E-state index is -0.0136. The maximum atomic E-state index is 11.4. The molecule has 0 radical (unpaired) electrons. The normalized spacial score (nSPS) is 10.5. The first-order valence-electron chi connectivity index (χ1n) is 4.28. The van der Waals surface area contributed by atoms with E-state index >= 15 is 0 Å². The van der Waals surface area contributed by atoms with E-state index in [0.29, 0.717) is 0 Å². The number of aryl methyl sites for hydroxylation is 1. The van der Waals surface area contributed by atoms with Crippen LogP contribution in [-0.2, 0) is 6.54 Å². The molecule has 0 amide bonds. The van der Waals surface area contributed by atoms with E-state index in [1.54, 1.807) is 0 Å². The summed E-state index contributed by atoms with van der Waals surface area (Å²) in [6, 6.07) is 7.51. The Morgan fingerprint density at radius 2 is 2.15 bits per heavy atom. The zero-order valence-electron chi connectivity index (χ0n) is 7.40. The molecular weight excluding hydrogens is 164 g/mol. The van der Waals surface area contributed by atoms with E-state index in [0.717, 1.165) is 17.4 Å². The Hall–Kier alpha value is -1.64. The summed E-state index contributed by atoms with van der Waals surface area (Å²) in [5, 5.41) is 4.76. The molecule has 0 unspecified atom stereocenters. The van der Waals surface area contributed by atoms with E-state index < -0.39 is 0 Å². The fourth-order valence-corrected chi connectivity index (χ4v) is 1.41. The molecule has 1 aromatic heterocycles. The topological polar surface area (TPSA) is 34.9 Å². The predicted octanol–water partition coefficient (Wildman–Crippen LogP) is 1.42. The highest BCUT2D eigenvalue weighted by Crippen LogP contribution is 2.06. The van der Waals surface area contributed by atoms with Crippen molar-refractivity contribution in [3.8, 4) is 0 Å². The summed E-state index contributed by atoms with van der Waals surface area (Å²) in [4.78, 5) is 11.4. The summed E-state index contributed by atoms with van der Waals surface area (Å²) < 4.78 is 1.82. The predicted molar refractivity (Wildman–Crippen MR) is 51.7 cm³/mol. The van der Waals surface area contributed by atoms with Crippen molar-refractivity contribution in [2.75, 3.05) is 0 Å². The molecule has 0 aliphatic rings. The van der Waals surface area contributed by atoms with E-state index in [1.165, 1.54) is 6.20 Å². The van der Waals surface area contributed by atoms with Crippen molar-refractivity contribution in [1.29, 1.82) is 0 Å². The number of hydrogen-bond donors (Lipinski definition) is 0. The molecule has 1 aromatic carbocycles. The van der Waals surface area contributed by atoms with Crippen LogP contribution in [0.1, 0.15) is 6.92 Å². The van der Waals surface area contributed by atoms with Crippen LogP contribution in [0.5, 0.6) is 0 Å².